The molecule has 1 aliphatic rings. The van der Waals surface area contributed by atoms with E-state index in [9.17, 15) is 0 Å². The lowest BCUT2D eigenvalue weighted by Crippen LogP contribution is -2.23. The fraction of sp³-hybridized carbons (Fsp3) is 0.750. The SMILES string of the molecule is CCC(C)Nc1nc(NC)nc(N2CCCC2)n1. The summed E-state index contributed by atoms with van der Waals surface area (Å²) in [6, 6.07) is 0.364. The number of rotatable bonds is 5. The van der Waals surface area contributed by atoms with Crippen LogP contribution in [0.3, 0.4) is 0 Å². The third-order valence-corrected chi connectivity index (χ3v) is 3.22. The van der Waals surface area contributed by atoms with Gasteiger partial charge in [-0.25, -0.2) is 0 Å². The highest BCUT2D eigenvalue weighted by atomic mass is 15.3. The highest BCUT2D eigenvalue weighted by Gasteiger charge is 2.17. The van der Waals surface area contributed by atoms with E-state index in [2.05, 4.69) is 44.3 Å². The maximum absolute atomic E-state index is 4.50. The van der Waals surface area contributed by atoms with Gasteiger partial charge in [-0.2, -0.15) is 15.0 Å². The van der Waals surface area contributed by atoms with E-state index in [-0.39, 0.29) is 0 Å². The van der Waals surface area contributed by atoms with Crippen molar-refractivity contribution in [1.29, 1.82) is 0 Å². The topological polar surface area (TPSA) is 66.0 Å². The van der Waals surface area contributed by atoms with Gasteiger partial charge in [-0.3, -0.25) is 0 Å². The van der Waals surface area contributed by atoms with E-state index in [1.165, 1.54) is 12.8 Å². The van der Waals surface area contributed by atoms with Crippen molar-refractivity contribution in [1.82, 2.24) is 15.0 Å². The van der Waals surface area contributed by atoms with E-state index >= 15 is 0 Å². The van der Waals surface area contributed by atoms with Crippen LogP contribution >= 0.6 is 0 Å². The first-order valence-electron chi connectivity index (χ1n) is 6.68. The van der Waals surface area contributed by atoms with Crippen LogP contribution in [0.5, 0.6) is 0 Å². The van der Waals surface area contributed by atoms with Gasteiger partial charge in [0.25, 0.3) is 0 Å². The van der Waals surface area contributed by atoms with Gasteiger partial charge in [0.15, 0.2) is 0 Å². The zero-order valence-corrected chi connectivity index (χ0v) is 11.4. The second-order valence-electron chi connectivity index (χ2n) is 4.68. The summed E-state index contributed by atoms with van der Waals surface area (Å²) >= 11 is 0. The summed E-state index contributed by atoms with van der Waals surface area (Å²) in [6.07, 6.45) is 3.48. The van der Waals surface area contributed by atoms with Crippen molar-refractivity contribution in [2.24, 2.45) is 0 Å². The van der Waals surface area contributed by atoms with Gasteiger partial charge in [0.2, 0.25) is 17.8 Å². The van der Waals surface area contributed by atoms with Crippen LogP contribution in [-0.4, -0.2) is 41.1 Å². The molecule has 2 rings (SSSR count). The fourth-order valence-electron chi connectivity index (χ4n) is 1.92. The monoisotopic (exact) mass is 250 g/mol. The molecule has 2 N–H and O–H groups in total. The molecule has 0 bridgehead atoms. The molecule has 1 saturated heterocycles. The Hall–Kier alpha value is -1.59. The summed E-state index contributed by atoms with van der Waals surface area (Å²) in [6.45, 7) is 6.34. The highest BCUT2D eigenvalue weighted by Crippen LogP contribution is 2.18. The van der Waals surface area contributed by atoms with Crippen molar-refractivity contribution in [2.75, 3.05) is 35.7 Å². The quantitative estimate of drug-likeness (QED) is 0.829. The number of hydrogen-bond donors (Lipinski definition) is 2. The van der Waals surface area contributed by atoms with E-state index in [0.717, 1.165) is 25.5 Å². The first-order valence-corrected chi connectivity index (χ1v) is 6.68. The lowest BCUT2D eigenvalue weighted by molar-refractivity contribution is 0.748. The molecule has 1 atom stereocenters. The molecule has 1 aromatic rings. The van der Waals surface area contributed by atoms with Crippen molar-refractivity contribution in [3.63, 3.8) is 0 Å². The largest absolute Gasteiger partial charge is 0.357 e. The lowest BCUT2D eigenvalue weighted by atomic mass is 10.3. The molecule has 0 spiro atoms. The van der Waals surface area contributed by atoms with Gasteiger partial charge in [-0.15, -0.1) is 0 Å². The fourth-order valence-corrected chi connectivity index (χ4v) is 1.92. The molecule has 1 aromatic heterocycles. The average molecular weight is 250 g/mol. The van der Waals surface area contributed by atoms with Gasteiger partial charge < -0.3 is 15.5 Å². The van der Waals surface area contributed by atoms with Gasteiger partial charge in [0.05, 0.1) is 0 Å². The van der Waals surface area contributed by atoms with E-state index in [1.807, 2.05) is 7.05 Å². The van der Waals surface area contributed by atoms with Gasteiger partial charge in [0.1, 0.15) is 0 Å². The third-order valence-electron chi connectivity index (χ3n) is 3.22. The Morgan fingerprint density at radius 3 is 2.44 bits per heavy atom. The summed E-state index contributed by atoms with van der Waals surface area (Å²) in [5, 5.41) is 6.29. The van der Waals surface area contributed by atoms with Crippen molar-refractivity contribution >= 4 is 17.8 Å². The molecule has 1 aliphatic heterocycles. The van der Waals surface area contributed by atoms with E-state index in [4.69, 9.17) is 0 Å². The van der Waals surface area contributed by atoms with Crippen LogP contribution in [0, 0.1) is 0 Å². The second-order valence-corrected chi connectivity index (χ2v) is 4.68. The molecule has 2 heterocycles. The summed E-state index contributed by atoms with van der Waals surface area (Å²) in [7, 11) is 1.83. The highest BCUT2D eigenvalue weighted by molar-refractivity contribution is 5.44. The van der Waals surface area contributed by atoms with Crippen molar-refractivity contribution in [2.45, 2.75) is 39.2 Å². The Balaban J connectivity index is 2.20. The molecule has 1 fully saturated rings. The maximum Gasteiger partial charge on any atom is 0.231 e. The average Bonchev–Trinajstić information content (AvgIpc) is 2.92. The summed E-state index contributed by atoms with van der Waals surface area (Å²) < 4.78 is 0. The summed E-state index contributed by atoms with van der Waals surface area (Å²) in [5.41, 5.74) is 0. The number of nitrogens with zero attached hydrogens (tertiary/aromatic N) is 4. The zero-order valence-electron chi connectivity index (χ0n) is 11.4. The summed E-state index contributed by atoms with van der Waals surface area (Å²) in [5.74, 6) is 2.06. The van der Waals surface area contributed by atoms with Crippen LogP contribution in [0.4, 0.5) is 17.8 Å². The number of hydrogen-bond acceptors (Lipinski definition) is 6. The standard InChI is InChI=1S/C12H22N6/c1-4-9(2)14-11-15-10(13-3)16-12(17-11)18-7-5-6-8-18/h9H,4-8H2,1-3H3,(H2,13,14,15,16,17). The Morgan fingerprint density at radius 2 is 1.83 bits per heavy atom. The number of nitrogens with one attached hydrogen (secondary N) is 2. The number of anilines is 3. The molecule has 1 unspecified atom stereocenters. The van der Waals surface area contributed by atoms with E-state index in [0.29, 0.717) is 17.9 Å². The normalized spacial score (nSPS) is 16.7. The number of aromatic nitrogens is 3. The van der Waals surface area contributed by atoms with Crippen LogP contribution < -0.4 is 15.5 Å². The minimum Gasteiger partial charge on any atom is -0.357 e. The second kappa shape index (κ2) is 5.84. The Bertz CT molecular complexity index is 388. The predicted molar refractivity (Wildman–Crippen MR) is 74.2 cm³/mol. The molecule has 18 heavy (non-hydrogen) atoms. The first kappa shape index (κ1) is 12.9. The molecule has 0 aromatic carbocycles. The first-order chi connectivity index (χ1) is 8.72. The van der Waals surface area contributed by atoms with Crippen LogP contribution in [0.1, 0.15) is 33.1 Å². The van der Waals surface area contributed by atoms with Gasteiger partial charge in [0, 0.05) is 26.2 Å². The zero-order chi connectivity index (χ0) is 13.0. The molecule has 100 valence electrons. The maximum atomic E-state index is 4.50. The Labute approximate surface area is 108 Å². The molecule has 0 saturated carbocycles. The van der Waals surface area contributed by atoms with Gasteiger partial charge >= 0.3 is 0 Å². The van der Waals surface area contributed by atoms with Crippen LogP contribution in [0.25, 0.3) is 0 Å². The van der Waals surface area contributed by atoms with Crippen LogP contribution in [0.15, 0.2) is 0 Å². The van der Waals surface area contributed by atoms with Crippen molar-refractivity contribution in [3.8, 4) is 0 Å². The van der Waals surface area contributed by atoms with Gasteiger partial charge in [-0.1, -0.05) is 6.92 Å². The van der Waals surface area contributed by atoms with Gasteiger partial charge in [-0.05, 0) is 26.2 Å². The summed E-state index contributed by atoms with van der Waals surface area (Å²) in [4.78, 5) is 15.5. The lowest BCUT2D eigenvalue weighted by Gasteiger charge is -2.18. The molecule has 6 nitrogen and oxygen atoms in total. The molecular formula is C12H22N6. The van der Waals surface area contributed by atoms with E-state index < -0.39 is 0 Å². The smallest absolute Gasteiger partial charge is 0.231 e. The molecule has 6 heteroatoms. The van der Waals surface area contributed by atoms with Crippen molar-refractivity contribution < 1.29 is 0 Å². The molecule has 0 radical (unpaired) electrons. The van der Waals surface area contributed by atoms with E-state index in [1.54, 1.807) is 0 Å². The molecule has 0 aliphatic carbocycles. The Kier molecular flexibility index (Phi) is 4.17. The molecule has 0 amide bonds. The minimum absolute atomic E-state index is 0.364. The molecular weight excluding hydrogens is 228 g/mol. The third kappa shape index (κ3) is 3.00. The van der Waals surface area contributed by atoms with Crippen LogP contribution in [0.2, 0.25) is 0 Å². The van der Waals surface area contributed by atoms with Crippen molar-refractivity contribution in [3.05, 3.63) is 0 Å². The van der Waals surface area contributed by atoms with Crippen LogP contribution in [-0.2, 0) is 0 Å². The predicted octanol–water partition coefficient (Wildman–Crippen LogP) is 1.72. The minimum atomic E-state index is 0.364. The Morgan fingerprint density at radius 1 is 1.17 bits per heavy atom.